The van der Waals surface area contributed by atoms with Crippen LogP contribution in [0.3, 0.4) is 0 Å². The van der Waals surface area contributed by atoms with E-state index in [0.717, 1.165) is 19.3 Å². The lowest BCUT2D eigenvalue weighted by Crippen LogP contribution is -2.47. The van der Waals surface area contributed by atoms with E-state index in [0.29, 0.717) is 13.0 Å². The number of carbonyl (C=O) groups is 3. The van der Waals surface area contributed by atoms with Gasteiger partial charge in [0, 0.05) is 13.0 Å². The van der Waals surface area contributed by atoms with Gasteiger partial charge < -0.3 is 9.64 Å². The summed E-state index contributed by atoms with van der Waals surface area (Å²) < 4.78 is 4.58. The largest absolute Gasteiger partial charge is 0.449 e. The number of hydrazine groups is 1. The highest BCUT2D eigenvalue weighted by atomic mass is 16.5. The van der Waals surface area contributed by atoms with Gasteiger partial charge in [-0.1, -0.05) is 6.42 Å². The Labute approximate surface area is 106 Å². The number of likely N-dealkylation sites (tertiary alicyclic amines) is 1. The van der Waals surface area contributed by atoms with Gasteiger partial charge in [-0.05, 0) is 19.8 Å². The van der Waals surface area contributed by atoms with Crippen LogP contribution in [0.2, 0.25) is 0 Å². The monoisotopic (exact) mass is 257 g/mol. The number of carbonyl (C=O) groups excluding carboxylic acids is 3. The third-order valence-corrected chi connectivity index (χ3v) is 2.59. The van der Waals surface area contributed by atoms with Gasteiger partial charge >= 0.3 is 6.09 Å². The van der Waals surface area contributed by atoms with E-state index >= 15 is 0 Å². The minimum absolute atomic E-state index is 0.0150. The van der Waals surface area contributed by atoms with Crippen LogP contribution in [0.15, 0.2) is 0 Å². The smallest absolute Gasteiger partial charge is 0.426 e. The summed E-state index contributed by atoms with van der Waals surface area (Å²) in [5, 5.41) is 0. The number of rotatable bonds is 3. The molecule has 0 radical (unpaired) electrons. The number of amides is 3. The molecule has 1 heterocycles. The molecule has 18 heavy (non-hydrogen) atoms. The molecule has 0 unspecified atom stereocenters. The van der Waals surface area contributed by atoms with E-state index in [1.165, 1.54) is 4.90 Å². The second-order valence-corrected chi connectivity index (χ2v) is 4.02. The summed E-state index contributed by atoms with van der Waals surface area (Å²) in [7, 11) is 0. The summed E-state index contributed by atoms with van der Waals surface area (Å²) in [5.74, 6) is -0.447. The average molecular weight is 257 g/mol. The zero-order chi connectivity index (χ0) is 13.4. The van der Waals surface area contributed by atoms with E-state index in [-0.39, 0.29) is 19.1 Å². The van der Waals surface area contributed by atoms with Crippen LogP contribution >= 0.6 is 0 Å². The maximum atomic E-state index is 11.6. The van der Waals surface area contributed by atoms with Crippen molar-refractivity contribution >= 4 is 17.9 Å². The predicted molar refractivity (Wildman–Crippen MR) is 63.3 cm³/mol. The lowest BCUT2D eigenvalue weighted by atomic mass is 10.2. The minimum atomic E-state index is -0.715. The van der Waals surface area contributed by atoms with Gasteiger partial charge in [0.1, 0.15) is 6.54 Å². The third-order valence-electron chi connectivity index (χ3n) is 2.59. The molecule has 0 saturated carbocycles. The van der Waals surface area contributed by atoms with Crippen molar-refractivity contribution in [1.29, 1.82) is 0 Å². The van der Waals surface area contributed by atoms with Gasteiger partial charge in [-0.3, -0.25) is 15.0 Å². The van der Waals surface area contributed by atoms with E-state index in [2.05, 4.69) is 15.6 Å². The van der Waals surface area contributed by atoms with Crippen LogP contribution in [0.5, 0.6) is 0 Å². The molecular weight excluding hydrogens is 238 g/mol. The molecule has 102 valence electrons. The molecule has 7 heteroatoms. The molecule has 0 spiro atoms. The van der Waals surface area contributed by atoms with Crippen LogP contribution in [0, 0.1) is 0 Å². The summed E-state index contributed by atoms with van der Waals surface area (Å²) in [4.78, 5) is 35.6. The van der Waals surface area contributed by atoms with Crippen molar-refractivity contribution in [1.82, 2.24) is 15.8 Å². The molecule has 3 amide bonds. The first-order valence-electron chi connectivity index (χ1n) is 6.13. The van der Waals surface area contributed by atoms with Gasteiger partial charge in [-0.2, -0.15) is 0 Å². The van der Waals surface area contributed by atoms with Crippen LogP contribution in [0.1, 0.15) is 32.6 Å². The normalized spacial score (nSPS) is 15.8. The summed E-state index contributed by atoms with van der Waals surface area (Å²) in [6.45, 7) is 2.44. The van der Waals surface area contributed by atoms with Crippen LogP contribution in [-0.4, -0.2) is 42.5 Å². The molecular formula is C11H19N3O4. The summed E-state index contributed by atoms with van der Waals surface area (Å²) >= 11 is 0. The molecule has 0 atom stereocenters. The number of hydrogen-bond acceptors (Lipinski definition) is 4. The van der Waals surface area contributed by atoms with Crippen molar-refractivity contribution < 1.29 is 19.1 Å². The minimum Gasteiger partial charge on any atom is -0.449 e. The quantitative estimate of drug-likeness (QED) is 0.705. The number of hydrogen-bond donors (Lipinski definition) is 2. The van der Waals surface area contributed by atoms with Crippen LogP contribution in [0.25, 0.3) is 0 Å². The molecule has 1 rings (SSSR count). The molecule has 0 bridgehead atoms. The van der Waals surface area contributed by atoms with Gasteiger partial charge in [0.2, 0.25) is 5.91 Å². The zero-order valence-corrected chi connectivity index (χ0v) is 10.5. The van der Waals surface area contributed by atoms with E-state index < -0.39 is 12.0 Å². The summed E-state index contributed by atoms with van der Waals surface area (Å²) in [6.07, 6.45) is 2.55. The van der Waals surface area contributed by atoms with Crippen LogP contribution in [0.4, 0.5) is 4.79 Å². The summed E-state index contributed by atoms with van der Waals surface area (Å²) in [6, 6.07) is 0. The van der Waals surface area contributed by atoms with E-state index in [9.17, 15) is 14.4 Å². The molecule has 0 aromatic carbocycles. The third kappa shape index (κ3) is 5.03. The second kappa shape index (κ2) is 7.52. The van der Waals surface area contributed by atoms with Gasteiger partial charge in [0.25, 0.3) is 5.91 Å². The Morgan fingerprint density at radius 2 is 2.06 bits per heavy atom. The van der Waals surface area contributed by atoms with Gasteiger partial charge in [0.15, 0.2) is 0 Å². The molecule has 1 fully saturated rings. The molecule has 0 aliphatic carbocycles. The molecule has 1 aliphatic heterocycles. The van der Waals surface area contributed by atoms with E-state index in [4.69, 9.17) is 0 Å². The topological polar surface area (TPSA) is 87.7 Å². The van der Waals surface area contributed by atoms with Crippen molar-refractivity contribution in [3.8, 4) is 0 Å². The molecule has 7 nitrogen and oxygen atoms in total. The zero-order valence-electron chi connectivity index (χ0n) is 10.5. The van der Waals surface area contributed by atoms with Gasteiger partial charge in [-0.25, -0.2) is 10.2 Å². The second-order valence-electron chi connectivity index (χ2n) is 4.02. The number of nitrogens with one attached hydrogen (secondary N) is 2. The van der Waals surface area contributed by atoms with Crippen molar-refractivity contribution in [2.45, 2.75) is 32.6 Å². The highest BCUT2D eigenvalue weighted by Crippen LogP contribution is 2.10. The fraction of sp³-hybridized carbons (Fsp3) is 0.727. The molecule has 2 N–H and O–H groups in total. The standard InChI is InChI=1S/C11H19N3O4/c1-2-18-11(17)13-12-9(15)8-14-7-5-3-4-6-10(14)16/h2-8H2,1H3,(H,12,15)(H,13,17). The Morgan fingerprint density at radius 1 is 1.28 bits per heavy atom. The maximum absolute atomic E-state index is 11.6. The molecule has 1 saturated heterocycles. The van der Waals surface area contributed by atoms with Crippen molar-refractivity contribution in [3.63, 3.8) is 0 Å². The van der Waals surface area contributed by atoms with Crippen LogP contribution < -0.4 is 10.9 Å². The predicted octanol–water partition coefficient (Wildman–Crippen LogP) is 0.166. The molecule has 0 aromatic rings. The molecule has 0 aromatic heterocycles. The van der Waals surface area contributed by atoms with Gasteiger partial charge in [-0.15, -0.1) is 0 Å². The lowest BCUT2D eigenvalue weighted by molar-refractivity contribution is -0.135. The highest BCUT2D eigenvalue weighted by Gasteiger charge is 2.19. The lowest BCUT2D eigenvalue weighted by Gasteiger charge is -2.19. The maximum Gasteiger partial charge on any atom is 0.426 e. The van der Waals surface area contributed by atoms with Crippen molar-refractivity contribution in [2.24, 2.45) is 0 Å². The van der Waals surface area contributed by atoms with Gasteiger partial charge in [0.05, 0.1) is 6.61 Å². The van der Waals surface area contributed by atoms with E-state index in [1.54, 1.807) is 6.92 Å². The number of nitrogens with zero attached hydrogens (tertiary/aromatic N) is 1. The first-order valence-corrected chi connectivity index (χ1v) is 6.13. The first-order chi connectivity index (χ1) is 8.63. The summed E-state index contributed by atoms with van der Waals surface area (Å²) in [5.41, 5.74) is 4.30. The number of ether oxygens (including phenoxy) is 1. The van der Waals surface area contributed by atoms with Crippen LogP contribution in [-0.2, 0) is 14.3 Å². The SMILES string of the molecule is CCOC(=O)NNC(=O)CN1CCCCCC1=O. The first kappa shape index (κ1) is 14.3. The van der Waals surface area contributed by atoms with Crippen molar-refractivity contribution in [3.05, 3.63) is 0 Å². The fourth-order valence-corrected chi connectivity index (χ4v) is 1.71. The highest BCUT2D eigenvalue weighted by molar-refractivity contribution is 5.85. The Morgan fingerprint density at radius 3 is 2.78 bits per heavy atom. The fourth-order valence-electron chi connectivity index (χ4n) is 1.71. The Bertz CT molecular complexity index is 319. The average Bonchev–Trinajstić information content (AvgIpc) is 2.53. The Balaban J connectivity index is 2.30. The van der Waals surface area contributed by atoms with Crippen molar-refractivity contribution in [2.75, 3.05) is 19.7 Å². The Hall–Kier alpha value is -1.79. The van der Waals surface area contributed by atoms with E-state index in [1.807, 2.05) is 0 Å². The molecule has 1 aliphatic rings. The Kier molecular flexibility index (Phi) is 5.96.